The van der Waals surface area contributed by atoms with Crippen LogP contribution >= 0.6 is 0 Å². The molecule has 0 aliphatic rings. The van der Waals surface area contributed by atoms with Crippen LogP contribution in [0.2, 0.25) is 0 Å². The van der Waals surface area contributed by atoms with Crippen molar-refractivity contribution in [3.63, 3.8) is 0 Å². The van der Waals surface area contributed by atoms with Crippen LogP contribution < -0.4 is 11.1 Å². The molecule has 0 saturated carbocycles. The summed E-state index contributed by atoms with van der Waals surface area (Å²) in [6, 6.07) is 2.99. The molecule has 0 aromatic carbocycles. The van der Waals surface area contributed by atoms with E-state index in [0.29, 0.717) is 5.56 Å². The molecule has 8 heteroatoms. The molecule has 1 atom stereocenters. The number of aromatic nitrogens is 1. The summed E-state index contributed by atoms with van der Waals surface area (Å²) in [5.74, 6) is -1.76. The van der Waals surface area contributed by atoms with Gasteiger partial charge in [-0.2, -0.15) is 18.4 Å². The van der Waals surface area contributed by atoms with Gasteiger partial charge in [-0.05, 0) is 12.1 Å². The van der Waals surface area contributed by atoms with Gasteiger partial charge in [-0.25, -0.2) is 4.98 Å². The lowest BCUT2D eigenvalue weighted by molar-refractivity contribution is -0.172. The number of nitrogens with one attached hydrogen (secondary N) is 1. The Labute approximate surface area is 100 Å². The zero-order valence-electron chi connectivity index (χ0n) is 9.03. The SMILES string of the molecule is N#Cc1ccc(NCC(N)C(=O)C(F)(F)F)nc1. The van der Waals surface area contributed by atoms with Gasteiger partial charge in [-0.3, -0.25) is 4.79 Å². The van der Waals surface area contributed by atoms with Crippen LogP contribution in [0, 0.1) is 11.3 Å². The van der Waals surface area contributed by atoms with E-state index in [0.717, 1.165) is 0 Å². The number of hydrogen-bond donors (Lipinski definition) is 2. The van der Waals surface area contributed by atoms with Crippen molar-refractivity contribution in [1.29, 1.82) is 5.26 Å². The number of pyridine rings is 1. The number of anilines is 1. The predicted molar refractivity (Wildman–Crippen MR) is 56.5 cm³/mol. The largest absolute Gasteiger partial charge is 0.451 e. The number of carbonyl (C=O) groups excluding carboxylic acids is 1. The quantitative estimate of drug-likeness (QED) is 0.834. The number of rotatable bonds is 4. The van der Waals surface area contributed by atoms with E-state index in [1.54, 1.807) is 0 Å². The molecule has 18 heavy (non-hydrogen) atoms. The third-order valence-corrected chi connectivity index (χ3v) is 2.01. The van der Waals surface area contributed by atoms with Crippen LogP contribution in [0.25, 0.3) is 0 Å². The van der Waals surface area contributed by atoms with Crippen molar-refractivity contribution in [2.24, 2.45) is 5.73 Å². The fraction of sp³-hybridized carbons (Fsp3) is 0.300. The van der Waals surface area contributed by atoms with Gasteiger partial charge < -0.3 is 11.1 Å². The first kappa shape index (κ1) is 13.9. The smallest absolute Gasteiger partial charge is 0.368 e. The topological polar surface area (TPSA) is 91.8 Å². The van der Waals surface area contributed by atoms with E-state index in [9.17, 15) is 18.0 Å². The number of alkyl halides is 3. The van der Waals surface area contributed by atoms with Gasteiger partial charge in [0.15, 0.2) is 0 Å². The molecule has 0 aliphatic heterocycles. The molecular formula is C10H9F3N4O. The third kappa shape index (κ3) is 3.71. The van der Waals surface area contributed by atoms with E-state index in [2.05, 4.69) is 10.3 Å². The summed E-state index contributed by atoms with van der Waals surface area (Å²) in [6.07, 6.45) is -3.70. The Balaban J connectivity index is 2.55. The number of nitriles is 1. The minimum atomic E-state index is -4.95. The van der Waals surface area contributed by atoms with E-state index in [-0.39, 0.29) is 5.82 Å². The third-order valence-electron chi connectivity index (χ3n) is 2.01. The molecule has 0 amide bonds. The average molecular weight is 258 g/mol. The van der Waals surface area contributed by atoms with Gasteiger partial charge >= 0.3 is 6.18 Å². The summed E-state index contributed by atoms with van der Waals surface area (Å²) in [5, 5.41) is 11.0. The first-order chi connectivity index (χ1) is 8.34. The van der Waals surface area contributed by atoms with Gasteiger partial charge in [-0.15, -0.1) is 0 Å². The number of nitrogens with two attached hydrogens (primary N) is 1. The first-order valence-corrected chi connectivity index (χ1v) is 4.81. The summed E-state index contributed by atoms with van der Waals surface area (Å²) in [5.41, 5.74) is 5.41. The van der Waals surface area contributed by atoms with Crippen molar-refractivity contribution >= 4 is 11.6 Å². The minimum absolute atomic E-state index is 0.236. The molecule has 1 unspecified atom stereocenters. The molecule has 0 spiro atoms. The molecule has 1 aromatic heterocycles. The molecule has 3 N–H and O–H groups in total. The van der Waals surface area contributed by atoms with Crippen LogP contribution in [0.3, 0.4) is 0 Å². The second kappa shape index (κ2) is 5.46. The molecule has 1 rings (SSSR count). The monoisotopic (exact) mass is 258 g/mol. The highest BCUT2D eigenvalue weighted by atomic mass is 19.4. The molecular weight excluding hydrogens is 249 g/mol. The van der Waals surface area contributed by atoms with Gasteiger partial charge in [-0.1, -0.05) is 0 Å². The fourth-order valence-electron chi connectivity index (χ4n) is 1.08. The van der Waals surface area contributed by atoms with Gasteiger partial charge in [0.1, 0.15) is 11.9 Å². The van der Waals surface area contributed by atoms with Crippen LogP contribution in [-0.4, -0.2) is 29.5 Å². The second-order valence-electron chi connectivity index (χ2n) is 3.39. The molecule has 5 nitrogen and oxygen atoms in total. The maximum Gasteiger partial charge on any atom is 0.451 e. The number of halogens is 3. The standard InChI is InChI=1S/C10H9F3N4O/c11-10(12,13)9(18)7(15)5-17-8-2-1-6(3-14)4-16-8/h1-2,4,7H,5,15H2,(H,16,17). The summed E-state index contributed by atoms with van der Waals surface area (Å²) in [7, 11) is 0. The maximum absolute atomic E-state index is 12.0. The second-order valence-corrected chi connectivity index (χ2v) is 3.39. The lowest BCUT2D eigenvalue weighted by Gasteiger charge is -2.13. The zero-order chi connectivity index (χ0) is 13.8. The van der Waals surface area contributed by atoms with Crippen molar-refractivity contribution in [3.8, 4) is 6.07 Å². The molecule has 0 aliphatic carbocycles. The van der Waals surface area contributed by atoms with Crippen molar-refractivity contribution in [3.05, 3.63) is 23.9 Å². The fourth-order valence-corrected chi connectivity index (χ4v) is 1.08. The first-order valence-electron chi connectivity index (χ1n) is 4.81. The molecule has 0 fully saturated rings. The number of Topliss-reactive ketones (excluding diaryl/α,β-unsaturated/α-hetero) is 1. The van der Waals surface area contributed by atoms with Crippen LogP contribution in [0.15, 0.2) is 18.3 Å². The Bertz CT molecular complexity index is 463. The van der Waals surface area contributed by atoms with E-state index in [4.69, 9.17) is 11.0 Å². The molecule has 96 valence electrons. The summed E-state index contributed by atoms with van der Waals surface area (Å²) in [6.45, 7) is -0.392. The van der Waals surface area contributed by atoms with Gasteiger partial charge in [0.05, 0.1) is 11.6 Å². The maximum atomic E-state index is 12.0. The van der Waals surface area contributed by atoms with Crippen LogP contribution in [0.1, 0.15) is 5.56 Å². The van der Waals surface area contributed by atoms with E-state index in [1.165, 1.54) is 18.3 Å². The van der Waals surface area contributed by atoms with Gasteiger partial charge in [0, 0.05) is 12.7 Å². The highest BCUT2D eigenvalue weighted by Crippen LogP contribution is 2.17. The Hall–Kier alpha value is -2.14. The lowest BCUT2D eigenvalue weighted by Crippen LogP contribution is -2.44. The van der Waals surface area contributed by atoms with Gasteiger partial charge in [0.2, 0.25) is 0 Å². The van der Waals surface area contributed by atoms with Crippen molar-refractivity contribution in [2.45, 2.75) is 12.2 Å². The summed E-state index contributed by atoms with van der Waals surface area (Å²) >= 11 is 0. The molecule has 1 aromatic rings. The lowest BCUT2D eigenvalue weighted by atomic mass is 10.2. The highest BCUT2D eigenvalue weighted by Gasteiger charge is 2.41. The summed E-state index contributed by atoms with van der Waals surface area (Å²) in [4.78, 5) is 14.5. The Morgan fingerprint density at radius 1 is 1.56 bits per heavy atom. The number of carbonyl (C=O) groups is 1. The highest BCUT2D eigenvalue weighted by molar-refractivity contribution is 5.89. The van der Waals surface area contributed by atoms with Crippen molar-refractivity contribution < 1.29 is 18.0 Å². The Kier molecular flexibility index (Phi) is 4.23. The van der Waals surface area contributed by atoms with Crippen LogP contribution in [0.5, 0.6) is 0 Å². The van der Waals surface area contributed by atoms with Crippen molar-refractivity contribution in [2.75, 3.05) is 11.9 Å². The van der Waals surface area contributed by atoms with Crippen LogP contribution in [-0.2, 0) is 4.79 Å². The Morgan fingerprint density at radius 3 is 2.67 bits per heavy atom. The summed E-state index contributed by atoms with van der Waals surface area (Å²) < 4.78 is 36.0. The molecule has 0 radical (unpaired) electrons. The Morgan fingerprint density at radius 2 is 2.22 bits per heavy atom. The van der Waals surface area contributed by atoms with E-state index >= 15 is 0 Å². The normalized spacial score (nSPS) is 12.6. The zero-order valence-corrected chi connectivity index (χ0v) is 9.03. The minimum Gasteiger partial charge on any atom is -0.368 e. The van der Waals surface area contributed by atoms with E-state index in [1.807, 2.05) is 6.07 Å². The molecule has 0 bridgehead atoms. The average Bonchev–Trinajstić information content (AvgIpc) is 2.34. The molecule has 1 heterocycles. The van der Waals surface area contributed by atoms with Gasteiger partial charge in [0.25, 0.3) is 5.78 Å². The predicted octanol–water partition coefficient (Wildman–Crippen LogP) is 0.824. The number of hydrogen-bond acceptors (Lipinski definition) is 5. The van der Waals surface area contributed by atoms with Crippen molar-refractivity contribution in [1.82, 2.24) is 4.98 Å². The number of nitrogens with zero attached hydrogens (tertiary/aromatic N) is 2. The molecule has 0 saturated heterocycles. The van der Waals surface area contributed by atoms with Crippen LogP contribution in [0.4, 0.5) is 19.0 Å². The van der Waals surface area contributed by atoms with E-state index < -0.39 is 24.5 Å². The number of ketones is 1.